The van der Waals surface area contributed by atoms with Crippen LogP contribution < -0.4 is 0 Å². The van der Waals surface area contributed by atoms with Crippen molar-refractivity contribution < 1.29 is 14.3 Å². The van der Waals surface area contributed by atoms with Crippen LogP contribution in [0.3, 0.4) is 0 Å². The molecule has 2 heterocycles. The monoisotopic (exact) mass is 282 g/mol. The van der Waals surface area contributed by atoms with Crippen LogP contribution in [0.2, 0.25) is 5.02 Å². The second kappa shape index (κ2) is 4.81. The van der Waals surface area contributed by atoms with E-state index in [4.69, 9.17) is 16.3 Å². The summed E-state index contributed by atoms with van der Waals surface area (Å²) in [6.07, 6.45) is 1.48. The Kier molecular flexibility index (Phi) is 3.49. The van der Waals surface area contributed by atoms with Gasteiger partial charge in [0.05, 0.1) is 6.54 Å². The van der Waals surface area contributed by atoms with Crippen molar-refractivity contribution in [3.05, 3.63) is 28.5 Å². The smallest absolute Gasteiger partial charge is 0.326 e. The highest BCUT2D eigenvalue weighted by molar-refractivity contribution is 6.32. The Morgan fingerprint density at radius 3 is 2.79 bits per heavy atom. The molecule has 0 spiro atoms. The van der Waals surface area contributed by atoms with E-state index in [1.807, 2.05) is 0 Å². The summed E-state index contributed by atoms with van der Waals surface area (Å²) in [6, 6.07) is 1.63. The molecule has 1 aliphatic heterocycles. The summed E-state index contributed by atoms with van der Waals surface area (Å²) < 4.78 is 5.19. The van der Waals surface area contributed by atoms with Gasteiger partial charge in [-0.1, -0.05) is 11.6 Å². The van der Waals surface area contributed by atoms with Gasteiger partial charge in [-0.15, -0.1) is 0 Å². The van der Waals surface area contributed by atoms with Crippen LogP contribution in [0.15, 0.2) is 12.3 Å². The molecule has 0 N–H and O–H groups in total. The van der Waals surface area contributed by atoms with Gasteiger partial charge in [0, 0.05) is 16.8 Å². The molecule has 0 aromatic carbocycles. The van der Waals surface area contributed by atoms with Gasteiger partial charge in [-0.05, 0) is 26.8 Å². The predicted molar refractivity (Wildman–Crippen MR) is 69.8 cm³/mol. The molecule has 0 radical (unpaired) electrons. The Hall–Kier alpha value is -1.62. The number of pyridine rings is 1. The molecule has 1 aromatic heterocycles. The average Bonchev–Trinajstić information content (AvgIpc) is 2.56. The molecule has 1 amide bonds. The van der Waals surface area contributed by atoms with E-state index in [0.717, 1.165) is 0 Å². The lowest BCUT2D eigenvalue weighted by Crippen LogP contribution is -2.35. The summed E-state index contributed by atoms with van der Waals surface area (Å²) in [6.45, 7) is 5.54. The van der Waals surface area contributed by atoms with Gasteiger partial charge >= 0.3 is 5.97 Å². The van der Waals surface area contributed by atoms with Crippen LogP contribution in [-0.4, -0.2) is 33.9 Å². The van der Waals surface area contributed by atoms with Crippen molar-refractivity contribution in [1.29, 1.82) is 0 Å². The highest BCUT2D eigenvalue weighted by Crippen LogP contribution is 2.27. The summed E-state index contributed by atoms with van der Waals surface area (Å²) >= 11 is 6.01. The molecule has 1 aliphatic rings. The predicted octanol–water partition coefficient (Wildman–Crippen LogP) is 2.03. The number of rotatable bonds is 2. The van der Waals surface area contributed by atoms with Crippen molar-refractivity contribution in [1.82, 2.24) is 9.88 Å². The van der Waals surface area contributed by atoms with Crippen molar-refractivity contribution in [2.75, 3.05) is 6.54 Å². The van der Waals surface area contributed by atoms with Gasteiger partial charge in [-0.25, -0.2) is 0 Å². The maximum absolute atomic E-state index is 12.0. The van der Waals surface area contributed by atoms with Gasteiger partial charge in [-0.3, -0.25) is 14.6 Å². The number of hydrogen-bond acceptors (Lipinski definition) is 4. The Balaban J connectivity index is 2.09. The van der Waals surface area contributed by atoms with Crippen LogP contribution in [-0.2, 0) is 16.1 Å². The van der Waals surface area contributed by atoms with Gasteiger partial charge in [0.1, 0.15) is 17.8 Å². The fraction of sp³-hybridized carbons (Fsp3) is 0.462. The van der Waals surface area contributed by atoms with Crippen LogP contribution >= 0.6 is 11.6 Å². The van der Waals surface area contributed by atoms with Crippen LogP contribution in [0.1, 0.15) is 36.8 Å². The first kappa shape index (κ1) is 13.8. The van der Waals surface area contributed by atoms with E-state index >= 15 is 0 Å². The number of nitrogens with zero attached hydrogens (tertiary/aromatic N) is 2. The quantitative estimate of drug-likeness (QED) is 0.779. The zero-order valence-corrected chi connectivity index (χ0v) is 11.8. The van der Waals surface area contributed by atoms with Crippen LogP contribution in [0.25, 0.3) is 0 Å². The second-order valence-electron chi connectivity index (χ2n) is 5.37. The molecule has 19 heavy (non-hydrogen) atoms. The number of halogens is 1. The third-order valence-electron chi connectivity index (χ3n) is 2.58. The van der Waals surface area contributed by atoms with Gasteiger partial charge in [0.25, 0.3) is 5.91 Å². The lowest BCUT2D eigenvalue weighted by molar-refractivity contribution is -0.155. The number of hydrogen-bond donors (Lipinski definition) is 0. The van der Waals surface area contributed by atoms with E-state index in [-0.39, 0.29) is 12.5 Å². The molecule has 2 rings (SSSR count). The summed E-state index contributed by atoms with van der Waals surface area (Å²) in [4.78, 5) is 29.2. The molecule has 0 saturated heterocycles. The summed E-state index contributed by atoms with van der Waals surface area (Å²) in [5, 5.41) is 0.491. The van der Waals surface area contributed by atoms with Crippen molar-refractivity contribution in [2.24, 2.45) is 0 Å². The molecule has 6 heteroatoms. The Labute approximate surface area is 116 Å². The van der Waals surface area contributed by atoms with Crippen LogP contribution in [0.4, 0.5) is 0 Å². The maximum Gasteiger partial charge on any atom is 0.326 e. The number of ether oxygens (including phenoxy) is 1. The van der Waals surface area contributed by atoms with E-state index in [1.54, 1.807) is 26.8 Å². The van der Waals surface area contributed by atoms with Gasteiger partial charge in [0.15, 0.2) is 0 Å². The molecule has 1 aromatic rings. The molecule has 0 bridgehead atoms. The minimum atomic E-state index is -0.567. The highest BCUT2D eigenvalue weighted by atomic mass is 35.5. The maximum atomic E-state index is 12.0. The molecule has 102 valence electrons. The largest absolute Gasteiger partial charge is 0.459 e. The summed E-state index contributed by atoms with van der Waals surface area (Å²) in [5.41, 5.74) is 0.413. The van der Waals surface area contributed by atoms with Crippen molar-refractivity contribution >= 4 is 23.5 Å². The minimum Gasteiger partial charge on any atom is -0.459 e. The first-order valence-corrected chi connectivity index (χ1v) is 6.30. The number of carbonyl (C=O) groups excluding carboxylic acids is 2. The number of carbonyl (C=O) groups is 2. The average molecular weight is 283 g/mol. The Bertz CT molecular complexity index is 537. The molecular formula is C13H15ClN2O3. The lowest BCUT2D eigenvalue weighted by Gasteiger charge is -2.22. The first-order chi connectivity index (χ1) is 8.78. The summed E-state index contributed by atoms with van der Waals surface area (Å²) in [5.74, 6) is -0.729. The molecule has 5 nitrogen and oxygen atoms in total. The van der Waals surface area contributed by atoms with Crippen molar-refractivity contribution in [3.8, 4) is 0 Å². The molecule has 0 aliphatic carbocycles. The first-order valence-electron chi connectivity index (χ1n) is 5.92. The number of fused-ring (bicyclic) bond motifs is 1. The minimum absolute atomic E-state index is 0.0945. The molecule has 0 atom stereocenters. The second-order valence-corrected chi connectivity index (χ2v) is 5.77. The van der Waals surface area contributed by atoms with Crippen molar-refractivity contribution in [3.63, 3.8) is 0 Å². The van der Waals surface area contributed by atoms with Crippen LogP contribution in [0.5, 0.6) is 0 Å². The van der Waals surface area contributed by atoms with Gasteiger partial charge < -0.3 is 9.64 Å². The zero-order valence-electron chi connectivity index (χ0n) is 11.1. The van der Waals surface area contributed by atoms with Crippen molar-refractivity contribution in [2.45, 2.75) is 32.9 Å². The fourth-order valence-corrected chi connectivity index (χ4v) is 2.08. The van der Waals surface area contributed by atoms with E-state index in [2.05, 4.69) is 4.98 Å². The van der Waals surface area contributed by atoms with Crippen LogP contribution in [0, 0.1) is 0 Å². The number of amides is 1. The van der Waals surface area contributed by atoms with E-state index < -0.39 is 11.6 Å². The van der Waals surface area contributed by atoms with Gasteiger partial charge in [-0.2, -0.15) is 0 Å². The summed E-state index contributed by atoms with van der Waals surface area (Å²) in [7, 11) is 0. The number of aromatic nitrogens is 1. The normalized spacial score (nSPS) is 14.5. The lowest BCUT2D eigenvalue weighted by atomic mass is 10.2. The van der Waals surface area contributed by atoms with E-state index in [1.165, 1.54) is 11.1 Å². The SMILES string of the molecule is CC(C)(C)OC(=O)CN1Cc2c(Cl)ccnc2C1=O. The van der Waals surface area contributed by atoms with Gasteiger partial charge in [0.2, 0.25) is 0 Å². The third-order valence-corrected chi connectivity index (χ3v) is 2.93. The molecular weight excluding hydrogens is 268 g/mol. The highest BCUT2D eigenvalue weighted by Gasteiger charge is 2.32. The number of esters is 1. The van der Waals surface area contributed by atoms with E-state index in [0.29, 0.717) is 22.8 Å². The molecule has 0 fully saturated rings. The molecule has 0 unspecified atom stereocenters. The third kappa shape index (κ3) is 3.04. The topological polar surface area (TPSA) is 59.5 Å². The zero-order chi connectivity index (χ0) is 14.2. The Morgan fingerprint density at radius 1 is 1.53 bits per heavy atom. The standard InChI is InChI=1S/C13H15ClN2O3/c1-13(2,3)19-10(17)7-16-6-8-9(14)4-5-15-11(8)12(16)18/h4-5H,6-7H2,1-3H3. The molecule has 0 saturated carbocycles. The fourth-order valence-electron chi connectivity index (χ4n) is 1.87. The van der Waals surface area contributed by atoms with E-state index in [9.17, 15) is 9.59 Å². The Morgan fingerprint density at radius 2 is 2.21 bits per heavy atom.